The molecule has 1 atom stereocenters. The minimum atomic E-state index is 0.586. The summed E-state index contributed by atoms with van der Waals surface area (Å²) in [5.41, 5.74) is 2.48. The smallest absolute Gasteiger partial charge is 0.164 e. The molecule has 0 radical (unpaired) electrons. The summed E-state index contributed by atoms with van der Waals surface area (Å²) in [5, 5.41) is 4.93. The van der Waals surface area contributed by atoms with Gasteiger partial charge in [-0.15, -0.1) is 11.3 Å². The van der Waals surface area contributed by atoms with Crippen LogP contribution in [-0.2, 0) is 12.8 Å². The fraction of sp³-hybridized carbons (Fsp3) is 0.421. The van der Waals surface area contributed by atoms with Crippen molar-refractivity contribution in [2.75, 3.05) is 5.32 Å². The van der Waals surface area contributed by atoms with Gasteiger partial charge in [-0.2, -0.15) is 0 Å². The van der Waals surface area contributed by atoms with Crippen LogP contribution in [0.25, 0.3) is 21.6 Å². The number of nitrogens with one attached hydrogen (secondary N) is 1. The van der Waals surface area contributed by atoms with E-state index in [1.807, 2.05) is 29.7 Å². The highest BCUT2D eigenvalue weighted by atomic mass is 32.1. The van der Waals surface area contributed by atoms with Crippen LogP contribution in [0.4, 0.5) is 5.82 Å². The van der Waals surface area contributed by atoms with Gasteiger partial charge in [-0.05, 0) is 55.7 Å². The lowest BCUT2D eigenvalue weighted by Gasteiger charge is -2.18. The molecule has 5 rings (SSSR count). The lowest BCUT2D eigenvalue weighted by atomic mass is 9.89. The van der Waals surface area contributed by atoms with Gasteiger partial charge in [0.2, 0.25) is 0 Å². The normalized spacial score (nSPS) is 20.1. The number of thiophene rings is 1. The molecule has 1 N–H and O–H groups in total. The molecule has 1 saturated carbocycles. The first-order valence-corrected chi connectivity index (χ1v) is 9.59. The van der Waals surface area contributed by atoms with Crippen LogP contribution < -0.4 is 5.32 Å². The van der Waals surface area contributed by atoms with Crippen LogP contribution in [0.1, 0.15) is 36.6 Å². The standard InChI is InChI=1S/C19H20N4S/c1-11-4-7-14-15(9-11)24-19-16(14)18(21-13-5-6-13)22-17(23-19)12-3-2-8-20-10-12/h2-3,8,10-11,13H,4-7,9H2,1H3,(H,21,22,23)/t11-/m1/s1. The summed E-state index contributed by atoms with van der Waals surface area (Å²) < 4.78 is 0. The zero-order valence-corrected chi connectivity index (χ0v) is 14.6. The number of anilines is 1. The molecule has 24 heavy (non-hydrogen) atoms. The second-order valence-electron chi connectivity index (χ2n) is 7.09. The van der Waals surface area contributed by atoms with Crippen molar-refractivity contribution < 1.29 is 0 Å². The van der Waals surface area contributed by atoms with Crippen molar-refractivity contribution in [3.05, 3.63) is 35.0 Å². The minimum Gasteiger partial charge on any atom is -0.367 e. The minimum absolute atomic E-state index is 0.586. The lowest BCUT2D eigenvalue weighted by molar-refractivity contribution is 0.509. The Morgan fingerprint density at radius 3 is 2.92 bits per heavy atom. The molecule has 2 aliphatic rings. The second kappa shape index (κ2) is 5.52. The molecule has 3 aromatic rings. The molecule has 0 bridgehead atoms. The van der Waals surface area contributed by atoms with Crippen LogP contribution in [0.5, 0.6) is 0 Å². The van der Waals surface area contributed by atoms with Crippen LogP contribution in [-0.4, -0.2) is 21.0 Å². The SMILES string of the molecule is C[C@@H]1CCc2c(sc3nc(-c4cccnc4)nc(NC4CC4)c23)C1. The van der Waals surface area contributed by atoms with Gasteiger partial charge in [0.25, 0.3) is 0 Å². The van der Waals surface area contributed by atoms with Gasteiger partial charge in [-0.25, -0.2) is 9.97 Å². The van der Waals surface area contributed by atoms with E-state index in [1.54, 1.807) is 6.20 Å². The highest BCUT2D eigenvalue weighted by Crippen LogP contribution is 2.41. The molecular weight excluding hydrogens is 316 g/mol. The quantitative estimate of drug-likeness (QED) is 0.767. The summed E-state index contributed by atoms with van der Waals surface area (Å²) >= 11 is 1.86. The summed E-state index contributed by atoms with van der Waals surface area (Å²) in [5.74, 6) is 2.59. The largest absolute Gasteiger partial charge is 0.367 e. The summed E-state index contributed by atoms with van der Waals surface area (Å²) in [6.45, 7) is 2.35. The maximum Gasteiger partial charge on any atom is 0.164 e. The van der Waals surface area contributed by atoms with Crippen LogP contribution >= 0.6 is 11.3 Å². The van der Waals surface area contributed by atoms with Gasteiger partial charge in [0.1, 0.15) is 10.6 Å². The van der Waals surface area contributed by atoms with Crippen LogP contribution in [0.2, 0.25) is 0 Å². The Balaban J connectivity index is 1.70. The van der Waals surface area contributed by atoms with E-state index in [1.165, 1.54) is 41.5 Å². The third kappa shape index (κ3) is 2.47. The Labute approximate surface area is 145 Å². The zero-order valence-electron chi connectivity index (χ0n) is 13.7. The Morgan fingerprint density at radius 2 is 2.12 bits per heavy atom. The maximum atomic E-state index is 4.90. The molecule has 0 spiro atoms. The molecule has 0 aromatic carbocycles. The van der Waals surface area contributed by atoms with E-state index in [0.29, 0.717) is 6.04 Å². The lowest BCUT2D eigenvalue weighted by Crippen LogP contribution is -2.10. The molecule has 4 nitrogen and oxygen atoms in total. The van der Waals surface area contributed by atoms with E-state index in [2.05, 4.69) is 17.2 Å². The van der Waals surface area contributed by atoms with Crippen molar-refractivity contribution in [2.45, 2.75) is 45.1 Å². The first kappa shape index (κ1) is 14.3. The Hall–Kier alpha value is -2.01. The molecule has 2 aliphatic carbocycles. The van der Waals surface area contributed by atoms with E-state index in [9.17, 15) is 0 Å². The molecule has 1 fully saturated rings. The molecule has 122 valence electrons. The van der Waals surface area contributed by atoms with Crippen molar-refractivity contribution in [1.82, 2.24) is 15.0 Å². The van der Waals surface area contributed by atoms with Gasteiger partial charge in [0.05, 0.1) is 5.39 Å². The molecule has 0 aliphatic heterocycles. The van der Waals surface area contributed by atoms with E-state index < -0.39 is 0 Å². The van der Waals surface area contributed by atoms with Crippen molar-refractivity contribution >= 4 is 27.4 Å². The number of aryl methyl sites for hydroxylation is 1. The highest BCUT2D eigenvalue weighted by Gasteiger charge is 2.27. The van der Waals surface area contributed by atoms with E-state index in [0.717, 1.165) is 34.4 Å². The third-order valence-corrected chi connectivity index (χ3v) is 6.14. The van der Waals surface area contributed by atoms with Gasteiger partial charge in [-0.1, -0.05) is 6.92 Å². The van der Waals surface area contributed by atoms with E-state index in [-0.39, 0.29) is 0 Å². The Morgan fingerprint density at radius 1 is 1.21 bits per heavy atom. The zero-order chi connectivity index (χ0) is 16.1. The maximum absolute atomic E-state index is 4.90. The molecule has 0 unspecified atom stereocenters. The number of hydrogen-bond acceptors (Lipinski definition) is 5. The summed E-state index contributed by atoms with van der Waals surface area (Å²) in [6, 6.07) is 4.56. The van der Waals surface area contributed by atoms with Gasteiger partial charge in [-0.3, -0.25) is 4.98 Å². The number of fused-ring (bicyclic) bond motifs is 3. The van der Waals surface area contributed by atoms with E-state index >= 15 is 0 Å². The second-order valence-corrected chi connectivity index (χ2v) is 8.17. The molecule has 3 heterocycles. The molecular formula is C19H20N4S. The van der Waals surface area contributed by atoms with Crippen molar-refractivity contribution in [3.8, 4) is 11.4 Å². The van der Waals surface area contributed by atoms with Crippen LogP contribution in [0, 0.1) is 5.92 Å². The molecule has 5 heteroatoms. The Bertz CT molecular complexity index is 899. The molecule has 0 saturated heterocycles. The van der Waals surface area contributed by atoms with Crippen LogP contribution in [0.15, 0.2) is 24.5 Å². The predicted molar refractivity (Wildman–Crippen MR) is 98.5 cm³/mol. The first-order chi connectivity index (χ1) is 11.8. The monoisotopic (exact) mass is 336 g/mol. The molecule has 3 aromatic heterocycles. The summed E-state index contributed by atoms with van der Waals surface area (Å²) in [4.78, 5) is 16.7. The topological polar surface area (TPSA) is 50.7 Å². The first-order valence-electron chi connectivity index (χ1n) is 8.77. The van der Waals surface area contributed by atoms with Gasteiger partial charge in [0.15, 0.2) is 5.82 Å². The summed E-state index contributed by atoms with van der Waals surface area (Å²) in [7, 11) is 0. The average Bonchev–Trinajstić information content (AvgIpc) is 3.33. The average molecular weight is 336 g/mol. The fourth-order valence-electron chi connectivity index (χ4n) is 3.49. The number of nitrogens with zero attached hydrogens (tertiary/aromatic N) is 3. The fourth-order valence-corrected chi connectivity index (χ4v) is 4.87. The summed E-state index contributed by atoms with van der Waals surface area (Å²) in [6.07, 6.45) is 9.74. The number of pyridine rings is 1. The van der Waals surface area contributed by atoms with Gasteiger partial charge >= 0.3 is 0 Å². The Kier molecular flexibility index (Phi) is 3.30. The third-order valence-electron chi connectivity index (χ3n) is 4.99. The van der Waals surface area contributed by atoms with Gasteiger partial charge < -0.3 is 5.32 Å². The van der Waals surface area contributed by atoms with Crippen molar-refractivity contribution in [2.24, 2.45) is 5.92 Å². The molecule has 0 amide bonds. The number of hydrogen-bond donors (Lipinski definition) is 1. The van der Waals surface area contributed by atoms with E-state index in [4.69, 9.17) is 9.97 Å². The van der Waals surface area contributed by atoms with Crippen molar-refractivity contribution in [1.29, 1.82) is 0 Å². The van der Waals surface area contributed by atoms with Crippen molar-refractivity contribution in [3.63, 3.8) is 0 Å². The van der Waals surface area contributed by atoms with Gasteiger partial charge in [0, 0.05) is 28.9 Å². The highest BCUT2D eigenvalue weighted by molar-refractivity contribution is 7.19. The number of rotatable bonds is 3. The predicted octanol–water partition coefficient (Wildman–Crippen LogP) is 4.45. The number of aromatic nitrogens is 3. The van der Waals surface area contributed by atoms with Crippen LogP contribution in [0.3, 0.4) is 0 Å².